The average Bonchev–Trinajstić information content (AvgIpc) is 2.88. The van der Waals surface area contributed by atoms with Gasteiger partial charge in [0.05, 0.1) is 12.0 Å². The lowest BCUT2D eigenvalue weighted by Gasteiger charge is -2.36. The van der Waals surface area contributed by atoms with Crippen LogP contribution < -0.4 is 19.1 Å². The summed E-state index contributed by atoms with van der Waals surface area (Å²) in [6, 6.07) is 18.7. The van der Waals surface area contributed by atoms with Gasteiger partial charge >= 0.3 is 0 Å². The van der Waals surface area contributed by atoms with E-state index in [1.807, 2.05) is 0 Å². The Balaban J connectivity index is 1.27. The number of carbonyl (C=O) groups is 1. The number of rotatable bonds is 8. The van der Waals surface area contributed by atoms with Crippen LogP contribution in [0.4, 0.5) is 15.8 Å². The van der Waals surface area contributed by atoms with Crippen LogP contribution in [0.15, 0.2) is 77.7 Å². The lowest BCUT2D eigenvalue weighted by Crippen LogP contribution is -2.50. The minimum atomic E-state index is -3.78. The Morgan fingerprint density at radius 3 is 2.09 bits per heavy atom. The zero-order valence-corrected chi connectivity index (χ0v) is 20.0. The largest absolute Gasteiger partial charge is 0.497 e. The van der Waals surface area contributed by atoms with Crippen molar-refractivity contribution in [3.63, 3.8) is 0 Å². The second-order valence-electron chi connectivity index (χ2n) is 7.94. The molecular weight excluding hydrogens is 473 g/mol. The maximum absolute atomic E-state index is 13.1. The van der Waals surface area contributed by atoms with Crippen molar-refractivity contribution < 1.29 is 27.1 Å². The fraction of sp³-hybridized carbons (Fsp3) is 0.240. The summed E-state index contributed by atoms with van der Waals surface area (Å²) in [4.78, 5) is 16.4. The van der Waals surface area contributed by atoms with E-state index in [1.165, 1.54) is 43.5 Å². The minimum absolute atomic E-state index is 0.0731. The zero-order valence-electron chi connectivity index (χ0n) is 19.2. The van der Waals surface area contributed by atoms with Gasteiger partial charge in [0.25, 0.3) is 15.9 Å². The molecule has 1 N–H and O–H groups in total. The van der Waals surface area contributed by atoms with Crippen LogP contribution in [-0.4, -0.2) is 59.1 Å². The quantitative estimate of drug-likeness (QED) is 0.512. The molecule has 1 aliphatic rings. The minimum Gasteiger partial charge on any atom is -0.497 e. The van der Waals surface area contributed by atoms with Crippen molar-refractivity contribution in [2.45, 2.75) is 4.90 Å². The molecule has 8 nitrogen and oxygen atoms in total. The number of anilines is 2. The SMILES string of the molecule is COc1ccc(NS(=O)(=O)c2ccc(OCC(=O)N3CCN(c4ccc(F)cc4)CC3)cc2)cc1. The predicted molar refractivity (Wildman–Crippen MR) is 131 cm³/mol. The monoisotopic (exact) mass is 499 g/mol. The van der Waals surface area contributed by atoms with Gasteiger partial charge in [0.15, 0.2) is 6.61 Å². The number of methoxy groups -OCH3 is 1. The Labute approximate surface area is 203 Å². The third-order valence-electron chi connectivity index (χ3n) is 5.66. The van der Waals surface area contributed by atoms with Crippen molar-refractivity contribution >= 4 is 27.3 Å². The second-order valence-corrected chi connectivity index (χ2v) is 9.62. The van der Waals surface area contributed by atoms with Gasteiger partial charge in [-0.05, 0) is 72.8 Å². The highest BCUT2D eigenvalue weighted by Crippen LogP contribution is 2.22. The molecule has 1 fully saturated rings. The van der Waals surface area contributed by atoms with Gasteiger partial charge in [-0.2, -0.15) is 0 Å². The molecule has 0 aliphatic carbocycles. The highest BCUT2D eigenvalue weighted by molar-refractivity contribution is 7.92. The van der Waals surface area contributed by atoms with Crippen molar-refractivity contribution in [3.8, 4) is 11.5 Å². The Kier molecular flexibility index (Phi) is 7.40. The van der Waals surface area contributed by atoms with Gasteiger partial charge in [-0.25, -0.2) is 12.8 Å². The van der Waals surface area contributed by atoms with Gasteiger partial charge < -0.3 is 19.3 Å². The first-order valence-corrected chi connectivity index (χ1v) is 12.5. The first-order valence-electron chi connectivity index (χ1n) is 11.0. The normalized spacial score (nSPS) is 13.9. The van der Waals surface area contributed by atoms with E-state index in [2.05, 4.69) is 9.62 Å². The number of nitrogens with zero attached hydrogens (tertiary/aromatic N) is 2. The molecule has 0 aromatic heterocycles. The van der Waals surface area contributed by atoms with E-state index >= 15 is 0 Å². The molecule has 0 radical (unpaired) electrons. The predicted octanol–water partition coefficient (Wildman–Crippen LogP) is 3.36. The van der Waals surface area contributed by atoms with Crippen molar-refractivity contribution in [1.29, 1.82) is 0 Å². The van der Waals surface area contributed by atoms with Crippen LogP contribution >= 0.6 is 0 Å². The summed E-state index contributed by atoms with van der Waals surface area (Å²) < 4.78 is 51.5. The summed E-state index contributed by atoms with van der Waals surface area (Å²) in [7, 11) is -2.24. The van der Waals surface area contributed by atoms with Crippen molar-refractivity contribution in [2.24, 2.45) is 0 Å². The second kappa shape index (κ2) is 10.6. The molecule has 0 saturated carbocycles. The van der Waals surface area contributed by atoms with E-state index in [1.54, 1.807) is 41.3 Å². The van der Waals surface area contributed by atoms with E-state index in [4.69, 9.17) is 9.47 Å². The third kappa shape index (κ3) is 6.21. The Morgan fingerprint density at radius 1 is 0.886 bits per heavy atom. The van der Waals surface area contributed by atoms with E-state index in [0.717, 1.165) is 5.69 Å². The Bertz CT molecular complexity index is 1240. The number of halogens is 1. The number of piperazine rings is 1. The van der Waals surface area contributed by atoms with Crippen LogP contribution in [0.3, 0.4) is 0 Å². The summed E-state index contributed by atoms with van der Waals surface area (Å²) in [6.07, 6.45) is 0. The number of sulfonamides is 1. The molecule has 0 unspecified atom stereocenters. The van der Waals surface area contributed by atoms with Gasteiger partial charge in [-0.15, -0.1) is 0 Å². The molecule has 1 aliphatic heterocycles. The van der Waals surface area contributed by atoms with Gasteiger partial charge in [-0.1, -0.05) is 0 Å². The van der Waals surface area contributed by atoms with E-state index in [0.29, 0.717) is 43.4 Å². The van der Waals surface area contributed by atoms with Crippen molar-refractivity contribution in [3.05, 3.63) is 78.6 Å². The van der Waals surface area contributed by atoms with Crippen molar-refractivity contribution in [2.75, 3.05) is 49.5 Å². The zero-order chi connectivity index (χ0) is 24.8. The van der Waals surface area contributed by atoms with E-state index < -0.39 is 10.0 Å². The van der Waals surface area contributed by atoms with Gasteiger partial charge in [-0.3, -0.25) is 9.52 Å². The molecule has 3 aromatic rings. The number of amides is 1. The van der Waals surface area contributed by atoms with Crippen molar-refractivity contribution in [1.82, 2.24) is 4.90 Å². The topological polar surface area (TPSA) is 88.2 Å². The van der Waals surface area contributed by atoms with Gasteiger partial charge in [0, 0.05) is 37.6 Å². The van der Waals surface area contributed by atoms with E-state index in [9.17, 15) is 17.6 Å². The first-order chi connectivity index (χ1) is 16.8. The van der Waals surface area contributed by atoms with Crippen LogP contribution in [0, 0.1) is 5.82 Å². The standard InChI is InChI=1S/C25H26FN3O5S/c1-33-22-8-4-20(5-9-22)27-35(31,32)24-12-10-23(11-13-24)34-18-25(30)29-16-14-28(15-17-29)21-6-2-19(26)3-7-21/h2-13,27H,14-18H2,1H3. The fourth-order valence-corrected chi connectivity index (χ4v) is 4.75. The van der Waals surface area contributed by atoms with Crippen LogP contribution in [-0.2, 0) is 14.8 Å². The number of ether oxygens (including phenoxy) is 2. The summed E-state index contributed by atoms with van der Waals surface area (Å²) in [5.41, 5.74) is 1.34. The number of hydrogen-bond donors (Lipinski definition) is 1. The molecule has 1 heterocycles. The molecule has 3 aromatic carbocycles. The third-order valence-corrected chi connectivity index (χ3v) is 7.06. The van der Waals surface area contributed by atoms with Gasteiger partial charge in [0.2, 0.25) is 0 Å². The average molecular weight is 500 g/mol. The molecule has 1 amide bonds. The molecular formula is C25H26FN3O5S. The maximum Gasteiger partial charge on any atom is 0.261 e. The lowest BCUT2D eigenvalue weighted by atomic mass is 10.2. The molecule has 35 heavy (non-hydrogen) atoms. The molecule has 0 spiro atoms. The smallest absolute Gasteiger partial charge is 0.261 e. The van der Waals surface area contributed by atoms with Gasteiger partial charge in [0.1, 0.15) is 17.3 Å². The number of nitrogens with one attached hydrogen (secondary N) is 1. The molecule has 1 saturated heterocycles. The lowest BCUT2D eigenvalue weighted by molar-refractivity contribution is -0.133. The number of carbonyl (C=O) groups excluding carboxylic acids is 1. The summed E-state index contributed by atoms with van der Waals surface area (Å²) in [5.74, 6) is 0.589. The first kappa shape index (κ1) is 24.3. The molecule has 10 heteroatoms. The highest BCUT2D eigenvalue weighted by atomic mass is 32.2. The summed E-state index contributed by atoms with van der Waals surface area (Å²) in [6.45, 7) is 2.21. The summed E-state index contributed by atoms with van der Waals surface area (Å²) in [5, 5.41) is 0. The number of benzene rings is 3. The Hall–Kier alpha value is -3.79. The van der Waals surface area contributed by atoms with Crippen LogP contribution in [0.2, 0.25) is 0 Å². The molecule has 184 valence electrons. The number of hydrogen-bond acceptors (Lipinski definition) is 6. The molecule has 0 atom stereocenters. The fourth-order valence-electron chi connectivity index (χ4n) is 3.69. The van der Waals surface area contributed by atoms with Crippen LogP contribution in [0.25, 0.3) is 0 Å². The van der Waals surface area contributed by atoms with Crippen LogP contribution in [0.1, 0.15) is 0 Å². The van der Waals surface area contributed by atoms with E-state index in [-0.39, 0.29) is 23.2 Å². The maximum atomic E-state index is 13.1. The summed E-state index contributed by atoms with van der Waals surface area (Å²) >= 11 is 0. The Morgan fingerprint density at radius 2 is 1.49 bits per heavy atom. The highest BCUT2D eigenvalue weighted by Gasteiger charge is 2.22. The van der Waals surface area contributed by atoms with Crippen LogP contribution in [0.5, 0.6) is 11.5 Å². The molecule has 0 bridgehead atoms. The molecule has 4 rings (SSSR count).